The van der Waals surface area contributed by atoms with Crippen molar-refractivity contribution in [2.24, 2.45) is 5.41 Å². The van der Waals surface area contributed by atoms with E-state index in [1.807, 2.05) is 23.8 Å². The van der Waals surface area contributed by atoms with E-state index in [2.05, 4.69) is 24.5 Å². The van der Waals surface area contributed by atoms with Gasteiger partial charge in [0.25, 0.3) is 5.91 Å². The molecule has 1 aromatic heterocycles. The molecule has 0 unspecified atom stereocenters. The molecule has 0 spiro atoms. The molecular formula is C23H23FN2O2S. The molecule has 0 bridgehead atoms. The first-order valence-corrected chi connectivity index (χ1v) is 10.5. The maximum absolute atomic E-state index is 13.2. The average Bonchev–Trinajstić information content (AvgIpc) is 3.15. The second-order valence-electron chi connectivity index (χ2n) is 8.45. The first kappa shape index (κ1) is 19.6. The third-order valence-electron chi connectivity index (χ3n) is 5.46. The molecule has 2 aliphatic rings. The highest BCUT2D eigenvalue weighted by Crippen LogP contribution is 2.47. The summed E-state index contributed by atoms with van der Waals surface area (Å²) in [6.45, 7) is 6.05. The molecule has 0 saturated carbocycles. The molecule has 1 atom stereocenters. The molecule has 29 heavy (non-hydrogen) atoms. The van der Waals surface area contributed by atoms with E-state index in [0.29, 0.717) is 23.3 Å². The average molecular weight is 411 g/mol. The van der Waals surface area contributed by atoms with Crippen molar-refractivity contribution in [1.82, 2.24) is 5.32 Å². The Labute approximate surface area is 173 Å². The lowest BCUT2D eigenvalue weighted by Crippen LogP contribution is -2.39. The molecule has 0 fully saturated rings. The summed E-state index contributed by atoms with van der Waals surface area (Å²) in [6.07, 6.45) is 1.22. The number of dihydropyridines is 1. The van der Waals surface area contributed by atoms with Gasteiger partial charge in [0.2, 0.25) is 0 Å². The number of benzene rings is 1. The maximum Gasteiger partial charge on any atom is 0.254 e. The Morgan fingerprint density at radius 1 is 1.21 bits per heavy atom. The van der Waals surface area contributed by atoms with Crippen LogP contribution in [0.5, 0.6) is 0 Å². The Bertz CT molecular complexity index is 1030. The van der Waals surface area contributed by atoms with E-state index in [-0.39, 0.29) is 22.9 Å². The van der Waals surface area contributed by atoms with Crippen molar-refractivity contribution in [3.05, 3.63) is 75.0 Å². The standard InChI is InChI=1S/C23H23FN2O2S/c1-13-19(22(28)26-16-6-4-15(24)5-7-16)20(14-8-9-29-12-14)21-17(25-13)10-23(2,3)11-18(21)27/h4-9,12,20,25H,10-11H2,1-3H3,(H,26,28)/t20-/m0/s1. The fourth-order valence-electron chi connectivity index (χ4n) is 4.24. The van der Waals surface area contributed by atoms with Gasteiger partial charge in [0.1, 0.15) is 5.82 Å². The second-order valence-corrected chi connectivity index (χ2v) is 9.23. The molecule has 2 aromatic rings. The molecule has 4 rings (SSSR count). The highest BCUT2D eigenvalue weighted by molar-refractivity contribution is 7.08. The van der Waals surface area contributed by atoms with Crippen LogP contribution in [0.3, 0.4) is 0 Å². The Kier molecular flexibility index (Phi) is 4.90. The quantitative estimate of drug-likeness (QED) is 0.738. The predicted octanol–water partition coefficient (Wildman–Crippen LogP) is 5.13. The van der Waals surface area contributed by atoms with Crippen LogP contribution in [-0.2, 0) is 9.59 Å². The van der Waals surface area contributed by atoms with Crippen molar-refractivity contribution in [3.63, 3.8) is 0 Å². The van der Waals surface area contributed by atoms with Crippen LogP contribution in [0.2, 0.25) is 0 Å². The summed E-state index contributed by atoms with van der Waals surface area (Å²) in [6, 6.07) is 7.63. The van der Waals surface area contributed by atoms with Gasteiger partial charge >= 0.3 is 0 Å². The van der Waals surface area contributed by atoms with Crippen molar-refractivity contribution >= 4 is 28.7 Å². The second kappa shape index (κ2) is 7.26. The van der Waals surface area contributed by atoms with E-state index in [0.717, 1.165) is 23.4 Å². The fourth-order valence-corrected chi connectivity index (χ4v) is 4.93. The molecule has 6 heteroatoms. The molecule has 0 saturated heterocycles. The Morgan fingerprint density at radius 2 is 1.93 bits per heavy atom. The lowest BCUT2D eigenvalue weighted by molar-refractivity contribution is -0.118. The van der Waals surface area contributed by atoms with Gasteiger partial charge in [-0.2, -0.15) is 11.3 Å². The summed E-state index contributed by atoms with van der Waals surface area (Å²) >= 11 is 1.54. The molecule has 2 heterocycles. The zero-order valence-electron chi connectivity index (χ0n) is 16.6. The number of carbonyl (C=O) groups is 2. The zero-order chi connectivity index (χ0) is 20.8. The van der Waals surface area contributed by atoms with Gasteiger partial charge in [-0.15, -0.1) is 0 Å². The van der Waals surface area contributed by atoms with Crippen molar-refractivity contribution in [2.45, 2.75) is 39.5 Å². The normalized spacial score (nSPS) is 21.0. The van der Waals surface area contributed by atoms with E-state index in [1.54, 1.807) is 11.3 Å². The van der Waals surface area contributed by atoms with Gasteiger partial charge in [0.05, 0.1) is 0 Å². The van der Waals surface area contributed by atoms with Crippen molar-refractivity contribution in [3.8, 4) is 0 Å². The van der Waals surface area contributed by atoms with Gasteiger partial charge in [-0.1, -0.05) is 13.8 Å². The Morgan fingerprint density at radius 3 is 2.59 bits per heavy atom. The van der Waals surface area contributed by atoms with Crippen molar-refractivity contribution in [1.29, 1.82) is 0 Å². The summed E-state index contributed by atoms with van der Waals surface area (Å²) in [5.41, 5.74) is 4.22. The number of rotatable bonds is 3. The molecule has 4 nitrogen and oxygen atoms in total. The van der Waals surface area contributed by atoms with Crippen LogP contribution in [0.25, 0.3) is 0 Å². The number of nitrogens with one attached hydrogen (secondary N) is 2. The van der Waals surface area contributed by atoms with Crippen LogP contribution in [-0.4, -0.2) is 11.7 Å². The highest BCUT2D eigenvalue weighted by Gasteiger charge is 2.42. The number of ketones is 1. The predicted molar refractivity (Wildman–Crippen MR) is 113 cm³/mol. The van der Waals surface area contributed by atoms with Crippen LogP contribution in [0.4, 0.5) is 10.1 Å². The largest absolute Gasteiger partial charge is 0.362 e. The monoisotopic (exact) mass is 410 g/mol. The number of hydrogen-bond acceptors (Lipinski definition) is 4. The summed E-state index contributed by atoms with van der Waals surface area (Å²) in [7, 11) is 0. The number of allylic oxidation sites excluding steroid dienone is 3. The maximum atomic E-state index is 13.2. The number of halogens is 1. The number of amides is 1. The first-order valence-electron chi connectivity index (χ1n) is 9.58. The Balaban J connectivity index is 1.75. The molecule has 1 aliphatic carbocycles. The van der Waals surface area contributed by atoms with Crippen LogP contribution >= 0.6 is 11.3 Å². The van der Waals surface area contributed by atoms with Gasteiger partial charge < -0.3 is 10.6 Å². The third kappa shape index (κ3) is 3.77. The van der Waals surface area contributed by atoms with Crippen LogP contribution < -0.4 is 10.6 Å². The number of carbonyl (C=O) groups excluding carboxylic acids is 2. The topological polar surface area (TPSA) is 58.2 Å². The molecule has 1 aromatic carbocycles. The molecule has 0 radical (unpaired) electrons. The first-order chi connectivity index (χ1) is 13.7. The van der Waals surface area contributed by atoms with E-state index >= 15 is 0 Å². The molecule has 1 amide bonds. The van der Waals surface area contributed by atoms with E-state index in [9.17, 15) is 14.0 Å². The summed E-state index contributed by atoms with van der Waals surface area (Å²) < 4.78 is 13.2. The van der Waals surface area contributed by atoms with Gasteiger partial charge in [0, 0.05) is 40.6 Å². The molecular weight excluding hydrogens is 387 g/mol. The fraction of sp³-hybridized carbons (Fsp3) is 0.304. The lowest BCUT2D eigenvalue weighted by atomic mass is 9.69. The minimum absolute atomic E-state index is 0.0829. The number of anilines is 1. The minimum Gasteiger partial charge on any atom is -0.362 e. The number of thiophene rings is 1. The van der Waals surface area contributed by atoms with Crippen LogP contribution in [0, 0.1) is 11.2 Å². The number of Topliss-reactive ketones (excluding diaryl/α,β-unsaturated/α-hetero) is 1. The Hall–Kier alpha value is -2.73. The zero-order valence-corrected chi connectivity index (χ0v) is 17.5. The van der Waals surface area contributed by atoms with Gasteiger partial charge in [0.15, 0.2) is 5.78 Å². The van der Waals surface area contributed by atoms with Crippen molar-refractivity contribution in [2.75, 3.05) is 5.32 Å². The van der Waals surface area contributed by atoms with Gasteiger partial charge in [-0.3, -0.25) is 9.59 Å². The SMILES string of the molecule is CC1=C(C(=O)Nc2ccc(F)cc2)[C@H](c2ccsc2)C2=C(CC(C)(C)CC2=O)N1. The van der Waals surface area contributed by atoms with E-state index in [4.69, 9.17) is 0 Å². The summed E-state index contributed by atoms with van der Waals surface area (Å²) in [5, 5.41) is 10.1. The van der Waals surface area contributed by atoms with Crippen LogP contribution in [0.1, 0.15) is 45.1 Å². The van der Waals surface area contributed by atoms with E-state index in [1.165, 1.54) is 24.3 Å². The summed E-state index contributed by atoms with van der Waals surface area (Å²) in [4.78, 5) is 26.4. The van der Waals surface area contributed by atoms with Crippen molar-refractivity contribution < 1.29 is 14.0 Å². The van der Waals surface area contributed by atoms with Crippen LogP contribution in [0.15, 0.2) is 63.6 Å². The summed E-state index contributed by atoms with van der Waals surface area (Å²) in [5.74, 6) is -0.970. The third-order valence-corrected chi connectivity index (χ3v) is 6.16. The molecule has 1 aliphatic heterocycles. The lowest BCUT2D eigenvalue weighted by Gasteiger charge is -2.39. The smallest absolute Gasteiger partial charge is 0.254 e. The molecule has 2 N–H and O–H groups in total. The minimum atomic E-state index is -0.401. The van der Waals surface area contributed by atoms with Gasteiger partial charge in [-0.25, -0.2) is 4.39 Å². The highest BCUT2D eigenvalue weighted by atomic mass is 32.1. The van der Waals surface area contributed by atoms with Gasteiger partial charge in [-0.05, 0) is 65.4 Å². The molecule has 150 valence electrons. The number of hydrogen-bond donors (Lipinski definition) is 2. The van der Waals surface area contributed by atoms with E-state index < -0.39 is 5.92 Å².